The molecule has 0 radical (unpaired) electrons. The number of ether oxygens (including phenoxy) is 1. The maximum absolute atomic E-state index is 14.5. The Morgan fingerprint density at radius 3 is 2.65 bits per heavy atom. The minimum atomic E-state index is -0.376. The quantitative estimate of drug-likeness (QED) is 0.313. The molecule has 0 aliphatic heterocycles. The molecular weight excluding hydrogens is 469 g/mol. The number of nitrogens with zero attached hydrogens (tertiary/aromatic N) is 5. The van der Waals surface area contributed by atoms with Crippen LogP contribution in [0.25, 0.3) is 55.7 Å². The van der Waals surface area contributed by atoms with Crippen molar-refractivity contribution in [2.75, 3.05) is 27.2 Å². The van der Waals surface area contributed by atoms with E-state index in [1.807, 2.05) is 55.4 Å². The topological polar surface area (TPSA) is 95.6 Å². The first-order valence-electron chi connectivity index (χ1n) is 11.9. The standard InChI is InChI=1S/C28H24FN7O/c1-36(2)8-9-37-21-11-18(10-20(29)13-21)26-22-14-25(33-24(22)5-7-31-26)27-23-12-19(16-32-28(23)35-34-27)17-4-3-6-30-15-17/h3-7,10-16,33H,8-9H2,1-2H3,(H,32,34,35). The number of benzene rings is 1. The zero-order valence-electron chi connectivity index (χ0n) is 20.4. The highest BCUT2D eigenvalue weighted by Gasteiger charge is 2.16. The molecule has 9 heteroatoms. The fraction of sp³-hybridized carbons (Fsp3) is 0.143. The highest BCUT2D eigenvalue weighted by Crippen LogP contribution is 2.35. The Bertz CT molecular complexity index is 1710. The lowest BCUT2D eigenvalue weighted by Crippen LogP contribution is -2.19. The van der Waals surface area contributed by atoms with Crippen LogP contribution in [0.15, 0.2) is 73.3 Å². The number of H-pyrrole nitrogens is 2. The first-order valence-corrected chi connectivity index (χ1v) is 11.9. The van der Waals surface area contributed by atoms with Crippen molar-refractivity contribution in [1.29, 1.82) is 0 Å². The summed E-state index contributed by atoms with van der Waals surface area (Å²) >= 11 is 0. The Morgan fingerprint density at radius 1 is 0.892 bits per heavy atom. The number of aromatic nitrogens is 6. The van der Waals surface area contributed by atoms with Gasteiger partial charge in [-0.25, -0.2) is 9.37 Å². The molecule has 0 amide bonds. The number of halogens is 1. The SMILES string of the molecule is CN(C)CCOc1cc(F)cc(-c2nccc3[nH]c(-c4n[nH]c5ncc(-c6cccnc6)cc45)cc23)c1. The molecule has 0 saturated carbocycles. The Morgan fingerprint density at radius 2 is 1.81 bits per heavy atom. The van der Waals surface area contributed by atoms with Crippen molar-refractivity contribution in [3.63, 3.8) is 0 Å². The maximum Gasteiger partial charge on any atom is 0.155 e. The van der Waals surface area contributed by atoms with Crippen LogP contribution in [0.4, 0.5) is 4.39 Å². The van der Waals surface area contributed by atoms with E-state index >= 15 is 0 Å². The molecule has 0 spiro atoms. The molecule has 0 fully saturated rings. The molecule has 0 saturated heterocycles. The second-order valence-corrected chi connectivity index (χ2v) is 9.07. The minimum absolute atomic E-state index is 0.376. The summed E-state index contributed by atoms with van der Waals surface area (Å²) in [7, 11) is 3.93. The number of hydrogen-bond donors (Lipinski definition) is 2. The monoisotopic (exact) mass is 493 g/mol. The van der Waals surface area contributed by atoms with Crippen LogP contribution in [0, 0.1) is 5.82 Å². The number of pyridine rings is 3. The predicted octanol–water partition coefficient (Wildman–Crippen LogP) is 5.31. The molecule has 0 bridgehead atoms. The number of likely N-dealkylation sites (N-methyl/N-ethyl adjacent to an activating group) is 1. The van der Waals surface area contributed by atoms with Gasteiger partial charge in [-0.1, -0.05) is 6.07 Å². The molecule has 5 aromatic heterocycles. The third-order valence-electron chi connectivity index (χ3n) is 6.17. The van der Waals surface area contributed by atoms with Crippen LogP contribution in [0.5, 0.6) is 5.75 Å². The molecule has 6 rings (SSSR count). The summed E-state index contributed by atoms with van der Waals surface area (Å²) < 4.78 is 20.3. The highest BCUT2D eigenvalue weighted by atomic mass is 19.1. The molecule has 1 aromatic carbocycles. The van der Waals surface area contributed by atoms with Crippen molar-refractivity contribution in [1.82, 2.24) is 35.0 Å². The molecule has 5 heterocycles. The lowest BCUT2D eigenvalue weighted by atomic mass is 10.1. The third-order valence-corrected chi connectivity index (χ3v) is 6.17. The van der Waals surface area contributed by atoms with Gasteiger partial charge in [0.2, 0.25) is 0 Å². The Hall–Kier alpha value is -4.63. The summed E-state index contributed by atoms with van der Waals surface area (Å²) in [6.45, 7) is 1.19. The van der Waals surface area contributed by atoms with E-state index in [2.05, 4.69) is 30.1 Å². The van der Waals surface area contributed by atoms with Gasteiger partial charge in [0.05, 0.1) is 11.4 Å². The Balaban J connectivity index is 1.41. The zero-order chi connectivity index (χ0) is 25.4. The van der Waals surface area contributed by atoms with Crippen LogP contribution in [-0.2, 0) is 0 Å². The van der Waals surface area contributed by atoms with E-state index in [4.69, 9.17) is 4.74 Å². The predicted molar refractivity (Wildman–Crippen MR) is 142 cm³/mol. The van der Waals surface area contributed by atoms with E-state index < -0.39 is 0 Å². The van der Waals surface area contributed by atoms with Gasteiger partial charge in [0.15, 0.2) is 5.65 Å². The molecule has 37 heavy (non-hydrogen) atoms. The smallest absolute Gasteiger partial charge is 0.155 e. The van der Waals surface area contributed by atoms with Gasteiger partial charge in [-0.2, -0.15) is 5.10 Å². The normalized spacial score (nSPS) is 11.6. The van der Waals surface area contributed by atoms with Crippen LogP contribution >= 0.6 is 0 Å². The zero-order valence-corrected chi connectivity index (χ0v) is 20.4. The van der Waals surface area contributed by atoms with Gasteiger partial charge >= 0.3 is 0 Å². The maximum atomic E-state index is 14.5. The van der Waals surface area contributed by atoms with Gasteiger partial charge in [-0.15, -0.1) is 0 Å². The van der Waals surface area contributed by atoms with Crippen molar-refractivity contribution < 1.29 is 9.13 Å². The first-order chi connectivity index (χ1) is 18.0. The molecular formula is C28H24FN7O. The Labute approximate surface area is 212 Å². The van der Waals surface area contributed by atoms with E-state index in [9.17, 15) is 4.39 Å². The van der Waals surface area contributed by atoms with Crippen LogP contribution in [0.1, 0.15) is 0 Å². The van der Waals surface area contributed by atoms with Crippen molar-refractivity contribution >= 4 is 21.9 Å². The number of aromatic amines is 2. The van der Waals surface area contributed by atoms with Gasteiger partial charge in [0.1, 0.15) is 23.9 Å². The lowest BCUT2D eigenvalue weighted by Gasteiger charge is -2.12. The van der Waals surface area contributed by atoms with Crippen molar-refractivity contribution in [2.45, 2.75) is 0 Å². The molecule has 0 aliphatic carbocycles. The van der Waals surface area contributed by atoms with Crippen molar-refractivity contribution in [3.05, 3.63) is 79.1 Å². The molecule has 0 unspecified atom stereocenters. The van der Waals surface area contributed by atoms with Gasteiger partial charge in [0, 0.05) is 70.4 Å². The fourth-order valence-corrected chi connectivity index (χ4v) is 4.34. The average Bonchev–Trinajstić information content (AvgIpc) is 3.52. The lowest BCUT2D eigenvalue weighted by molar-refractivity contribution is 0.260. The van der Waals surface area contributed by atoms with Gasteiger partial charge < -0.3 is 14.6 Å². The molecule has 184 valence electrons. The second kappa shape index (κ2) is 9.44. The van der Waals surface area contributed by atoms with Crippen LogP contribution < -0.4 is 4.74 Å². The largest absolute Gasteiger partial charge is 0.492 e. The van der Waals surface area contributed by atoms with Crippen molar-refractivity contribution in [2.24, 2.45) is 0 Å². The highest BCUT2D eigenvalue weighted by molar-refractivity contribution is 6.00. The fourth-order valence-electron chi connectivity index (χ4n) is 4.34. The van der Waals surface area contributed by atoms with E-state index in [-0.39, 0.29) is 5.82 Å². The van der Waals surface area contributed by atoms with Crippen LogP contribution in [0.2, 0.25) is 0 Å². The van der Waals surface area contributed by atoms with Gasteiger partial charge in [-0.3, -0.25) is 15.1 Å². The summed E-state index contributed by atoms with van der Waals surface area (Å²) in [5.74, 6) is 0.0953. The first kappa shape index (κ1) is 22.8. The molecule has 0 aliphatic rings. The molecule has 0 atom stereocenters. The number of hydrogen-bond acceptors (Lipinski definition) is 6. The molecule has 8 nitrogen and oxygen atoms in total. The van der Waals surface area contributed by atoms with Crippen LogP contribution in [-0.4, -0.2) is 62.3 Å². The molecule has 6 aromatic rings. The summed E-state index contributed by atoms with van der Waals surface area (Å²) in [5.41, 5.74) is 6.32. The van der Waals surface area contributed by atoms with Gasteiger partial charge in [-0.05, 0) is 50.5 Å². The summed E-state index contributed by atoms with van der Waals surface area (Å²) in [6, 6.07) is 14.5. The summed E-state index contributed by atoms with van der Waals surface area (Å²) in [4.78, 5) is 18.8. The van der Waals surface area contributed by atoms with E-state index in [1.165, 1.54) is 12.1 Å². The van der Waals surface area contributed by atoms with E-state index in [0.29, 0.717) is 29.3 Å². The number of nitrogens with one attached hydrogen (secondary N) is 2. The average molecular weight is 494 g/mol. The molecule has 2 N–H and O–H groups in total. The second-order valence-electron chi connectivity index (χ2n) is 9.07. The third kappa shape index (κ3) is 4.52. The van der Waals surface area contributed by atoms with Crippen LogP contribution in [0.3, 0.4) is 0 Å². The number of fused-ring (bicyclic) bond motifs is 2. The minimum Gasteiger partial charge on any atom is -0.492 e. The van der Waals surface area contributed by atoms with E-state index in [0.717, 1.165) is 45.3 Å². The number of rotatable bonds is 7. The van der Waals surface area contributed by atoms with Crippen molar-refractivity contribution in [3.8, 4) is 39.5 Å². The van der Waals surface area contributed by atoms with E-state index in [1.54, 1.807) is 24.8 Å². The van der Waals surface area contributed by atoms with Gasteiger partial charge in [0.25, 0.3) is 0 Å². The summed E-state index contributed by atoms with van der Waals surface area (Å²) in [5, 5.41) is 9.29. The summed E-state index contributed by atoms with van der Waals surface area (Å²) in [6.07, 6.45) is 7.06. The Kier molecular flexibility index (Phi) is 5.82.